The molecule has 4 rings (SSSR count). The fraction of sp³-hybridized carbons (Fsp3) is 0.238. The van der Waals surface area contributed by atoms with Crippen LogP contribution in [0.15, 0.2) is 47.4 Å². The Kier molecular flexibility index (Phi) is 6.45. The average molecular weight is 457 g/mol. The van der Waals surface area contributed by atoms with Gasteiger partial charge in [0.25, 0.3) is 5.91 Å². The molecule has 11 heteroatoms. The van der Waals surface area contributed by atoms with Crippen LogP contribution >= 0.6 is 11.8 Å². The number of amides is 4. The molecule has 1 unspecified atom stereocenters. The van der Waals surface area contributed by atoms with Crippen molar-refractivity contribution in [3.63, 3.8) is 0 Å². The van der Waals surface area contributed by atoms with Crippen molar-refractivity contribution in [1.29, 1.82) is 0 Å². The van der Waals surface area contributed by atoms with Gasteiger partial charge in [-0.15, -0.1) is 11.8 Å². The van der Waals surface area contributed by atoms with Crippen molar-refractivity contribution < 1.29 is 33.4 Å². The van der Waals surface area contributed by atoms with Gasteiger partial charge < -0.3 is 24.8 Å². The molecule has 0 saturated heterocycles. The Labute approximate surface area is 187 Å². The van der Waals surface area contributed by atoms with Crippen LogP contribution in [0.1, 0.15) is 10.4 Å². The maximum absolute atomic E-state index is 12.2. The number of imide groups is 1. The van der Waals surface area contributed by atoms with E-state index in [0.29, 0.717) is 22.9 Å². The maximum atomic E-state index is 12.2. The average Bonchev–Trinajstić information content (AvgIpc) is 2.80. The number of carbonyl (C=O) groups excluding carboxylic acids is 4. The molecule has 2 aliphatic rings. The number of rotatable bonds is 5. The van der Waals surface area contributed by atoms with Gasteiger partial charge in [-0.05, 0) is 30.3 Å². The van der Waals surface area contributed by atoms with Crippen molar-refractivity contribution >= 4 is 41.3 Å². The molecule has 0 radical (unpaired) electrons. The van der Waals surface area contributed by atoms with Crippen LogP contribution in [0.25, 0.3) is 0 Å². The summed E-state index contributed by atoms with van der Waals surface area (Å²) in [6, 6.07) is 11.1. The molecule has 0 fully saturated rings. The Morgan fingerprint density at radius 1 is 1.16 bits per heavy atom. The minimum atomic E-state index is -0.788. The number of fused-ring (bicyclic) bond motifs is 2. The van der Waals surface area contributed by atoms with Crippen molar-refractivity contribution in [2.75, 3.05) is 30.8 Å². The summed E-state index contributed by atoms with van der Waals surface area (Å²) in [6.45, 7) is -0.268. The van der Waals surface area contributed by atoms with E-state index in [-0.39, 0.29) is 24.6 Å². The number of thioether (sulfide) groups is 1. The van der Waals surface area contributed by atoms with Crippen molar-refractivity contribution in [3.05, 3.63) is 48.0 Å². The summed E-state index contributed by atoms with van der Waals surface area (Å²) in [5.41, 5.74) is 0.694. The van der Waals surface area contributed by atoms with Crippen LogP contribution in [0.4, 0.5) is 10.5 Å². The van der Waals surface area contributed by atoms with E-state index in [4.69, 9.17) is 14.2 Å². The van der Waals surface area contributed by atoms with Crippen molar-refractivity contribution in [2.24, 2.45) is 0 Å². The molecular weight excluding hydrogens is 438 g/mol. The zero-order chi connectivity index (χ0) is 22.5. The van der Waals surface area contributed by atoms with Gasteiger partial charge in [0.05, 0.1) is 23.5 Å². The van der Waals surface area contributed by atoms with Crippen molar-refractivity contribution in [1.82, 2.24) is 10.6 Å². The molecule has 166 valence electrons. The Bertz CT molecular complexity index is 1080. The summed E-state index contributed by atoms with van der Waals surface area (Å²) in [5, 5.41) is 7.26. The number of benzene rings is 2. The smallest absolute Gasteiger partial charge is 0.338 e. The molecule has 10 nitrogen and oxygen atoms in total. The van der Waals surface area contributed by atoms with Crippen LogP contribution in [-0.2, 0) is 14.3 Å². The Hall–Kier alpha value is -3.73. The van der Waals surface area contributed by atoms with E-state index in [2.05, 4.69) is 16.0 Å². The first-order valence-corrected chi connectivity index (χ1v) is 10.7. The summed E-state index contributed by atoms with van der Waals surface area (Å²) in [5.74, 6) is -0.178. The first-order chi connectivity index (χ1) is 15.5. The van der Waals surface area contributed by atoms with Gasteiger partial charge in [0.2, 0.25) is 5.91 Å². The lowest BCUT2D eigenvalue weighted by atomic mass is 10.2. The molecule has 0 bridgehead atoms. The van der Waals surface area contributed by atoms with Gasteiger partial charge in [-0.2, -0.15) is 0 Å². The number of urea groups is 1. The molecule has 32 heavy (non-hydrogen) atoms. The third-order valence-electron chi connectivity index (χ3n) is 4.49. The lowest BCUT2D eigenvalue weighted by Gasteiger charge is -2.26. The topological polar surface area (TPSA) is 132 Å². The Morgan fingerprint density at radius 3 is 2.81 bits per heavy atom. The SMILES string of the molecule is O=C(COC(=O)c1ccc2c(c1)NC(=O)CS2)NC(=O)NCC1COc2ccccc2O1. The van der Waals surface area contributed by atoms with Gasteiger partial charge in [0.1, 0.15) is 6.61 Å². The number of para-hydroxylation sites is 2. The summed E-state index contributed by atoms with van der Waals surface area (Å²) < 4.78 is 16.2. The van der Waals surface area contributed by atoms with Crippen LogP contribution in [0.2, 0.25) is 0 Å². The highest BCUT2D eigenvalue weighted by atomic mass is 32.2. The number of carbonyl (C=O) groups is 4. The number of hydrogen-bond acceptors (Lipinski definition) is 8. The van der Waals surface area contributed by atoms with Crippen LogP contribution in [0, 0.1) is 0 Å². The molecule has 2 heterocycles. The Morgan fingerprint density at radius 2 is 1.97 bits per heavy atom. The summed E-state index contributed by atoms with van der Waals surface area (Å²) in [6.07, 6.45) is -0.411. The maximum Gasteiger partial charge on any atom is 0.338 e. The highest BCUT2D eigenvalue weighted by Crippen LogP contribution is 2.32. The largest absolute Gasteiger partial charge is 0.486 e. The first kappa shape index (κ1) is 21.5. The predicted octanol–water partition coefficient (Wildman–Crippen LogP) is 1.55. The molecule has 0 aromatic heterocycles. The van der Waals surface area contributed by atoms with Gasteiger partial charge in [-0.3, -0.25) is 14.9 Å². The second-order valence-electron chi connectivity index (χ2n) is 6.88. The number of ether oxygens (including phenoxy) is 3. The fourth-order valence-electron chi connectivity index (χ4n) is 3.00. The highest BCUT2D eigenvalue weighted by Gasteiger charge is 2.22. The van der Waals surface area contributed by atoms with Gasteiger partial charge >= 0.3 is 12.0 Å². The number of hydrogen-bond donors (Lipinski definition) is 3. The minimum absolute atomic E-state index is 0.117. The zero-order valence-corrected chi connectivity index (χ0v) is 17.5. The van der Waals surface area contributed by atoms with Gasteiger partial charge in [0.15, 0.2) is 24.2 Å². The van der Waals surface area contributed by atoms with E-state index >= 15 is 0 Å². The normalized spacial score (nSPS) is 16.2. The fourth-order valence-corrected chi connectivity index (χ4v) is 3.79. The van der Waals surface area contributed by atoms with Crippen molar-refractivity contribution in [3.8, 4) is 11.5 Å². The first-order valence-electron chi connectivity index (χ1n) is 9.68. The van der Waals surface area contributed by atoms with Crippen LogP contribution < -0.4 is 25.4 Å². The van der Waals surface area contributed by atoms with E-state index in [1.807, 2.05) is 12.1 Å². The predicted molar refractivity (Wildman–Crippen MR) is 114 cm³/mol. The summed E-state index contributed by atoms with van der Waals surface area (Å²) in [7, 11) is 0. The van der Waals surface area contributed by atoms with E-state index in [0.717, 1.165) is 4.90 Å². The molecule has 1 atom stereocenters. The van der Waals surface area contributed by atoms with Gasteiger partial charge in [-0.1, -0.05) is 12.1 Å². The van der Waals surface area contributed by atoms with Crippen LogP contribution in [-0.4, -0.2) is 55.4 Å². The summed E-state index contributed by atoms with van der Waals surface area (Å²) >= 11 is 1.36. The molecule has 0 saturated carbocycles. The number of esters is 1. The van der Waals surface area contributed by atoms with Gasteiger partial charge in [-0.25, -0.2) is 9.59 Å². The van der Waals surface area contributed by atoms with Crippen LogP contribution in [0.3, 0.4) is 0 Å². The quantitative estimate of drug-likeness (QED) is 0.577. The van der Waals surface area contributed by atoms with E-state index in [9.17, 15) is 19.2 Å². The molecule has 3 N–H and O–H groups in total. The molecular formula is C21H19N3O7S. The van der Waals surface area contributed by atoms with E-state index < -0.39 is 30.6 Å². The third-order valence-corrected chi connectivity index (χ3v) is 5.57. The zero-order valence-electron chi connectivity index (χ0n) is 16.7. The summed E-state index contributed by atoms with van der Waals surface area (Å²) in [4.78, 5) is 48.3. The lowest BCUT2D eigenvalue weighted by molar-refractivity contribution is -0.123. The second-order valence-corrected chi connectivity index (χ2v) is 7.90. The van der Waals surface area contributed by atoms with E-state index in [1.54, 1.807) is 24.3 Å². The monoisotopic (exact) mass is 457 g/mol. The van der Waals surface area contributed by atoms with Crippen LogP contribution in [0.5, 0.6) is 11.5 Å². The van der Waals surface area contributed by atoms with E-state index in [1.165, 1.54) is 17.8 Å². The molecule has 0 aliphatic carbocycles. The molecule has 2 aromatic rings. The molecule has 4 amide bonds. The minimum Gasteiger partial charge on any atom is -0.486 e. The Balaban J connectivity index is 1.19. The number of anilines is 1. The van der Waals surface area contributed by atoms with Gasteiger partial charge in [0, 0.05) is 4.90 Å². The molecule has 2 aliphatic heterocycles. The second kappa shape index (κ2) is 9.60. The lowest BCUT2D eigenvalue weighted by Crippen LogP contribution is -2.46. The highest BCUT2D eigenvalue weighted by molar-refractivity contribution is 8.00. The standard InChI is InChI=1S/C21H19N3O7S/c25-18(10-30-20(27)12-5-6-17-14(7-12)23-19(26)11-32-17)24-21(28)22-8-13-9-29-15-3-1-2-4-16(15)31-13/h1-7,13H,8-11H2,(H,23,26)(H2,22,24,25,28). The van der Waals surface area contributed by atoms with Crippen molar-refractivity contribution in [2.45, 2.75) is 11.0 Å². The third kappa shape index (κ3) is 5.30. The molecule has 0 spiro atoms. The molecule has 2 aromatic carbocycles. The number of nitrogens with one attached hydrogen (secondary N) is 3.